The molecule has 0 atom stereocenters. The summed E-state index contributed by atoms with van der Waals surface area (Å²) in [6.45, 7) is 0. The molecule has 1 aromatic carbocycles. The number of fused-ring (bicyclic) bond motifs is 1. The molecule has 0 aliphatic rings. The molecule has 0 radical (unpaired) electrons. The lowest BCUT2D eigenvalue weighted by atomic mass is 10.2. The molecule has 3 rings (SSSR count). The largest absolute Gasteiger partial charge is 0.493 e. The van der Waals surface area contributed by atoms with E-state index in [1.54, 1.807) is 18.2 Å². The quantitative estimate of drug-likeness (QED) is 0.653. The molecular formula is C12H8N2O6S2. The van der Waals surface area contributed by atoms with Crippen molar-refractivity contribution in [3.05, 3.63) is 46.5 Å². The Kier molecular flexibility index (Phi) is 3.07. The number of rotatable bonds is 3. The van der Waals surface area contributed by atoms with Gasteiger partial charge in [-0.05, 0) is 6.07 Å². The summed E-state index contributed by atoms with van der Waals surface area (Å²) in [5, 5.41) is 18.8. The lowest BCUT2D eigenvalue weighted by Gasteiger charge is -2.02. The molecule has 0 unspecified atom stereocenters. The van der Waals surface area contributed by atoms with Crippen LogP contribution < -0.4 is 5.69 Å². The Morgan fingerprint density at radius 3 is 2.55 bits per heavy atom. The van der Waals surface area contributed by atoms with Crippen LogP contribution in [0.5, 0.6) is 5.88 Å². The van der Waals surface area contributed by atoms with Crippen molar-refractivity contribution in [3.63, 3.8) is 0 Å². The fourth-order valence-corrected chi connectivity index (χ4v) is 5.04. The number of aromatic hydroxyl groups is 1. The molecule has 8 nitrogen and oxygen atoms in total. The highest BCUT2D eigenvalue weighted by molar-refractivity contribution is 7.92. The number of aromatic carboxylic acids is 1. The molecule has 0 fully saturated rings. The van der Waals surface area contributed by atoms with Crippen LogP contribution in [0.2, 0.25) is 0 Å². The minimum Gasteiger partial charge on any atom is -0.493 e. The number of hydrogen-bond acceptors (Lipinski definition) is 6. The average Bonchev–Trinajstić information content (AvgIpc) is 2.99. The number of nitrogens with one attached hydrogen (secondary N) is 1. The fraction of sp³-hybridized carbons (Fsp3) is 0. The van der Waals surface area contributed by atoms with E-state index in [0.717, 1.165) is 11.3 Å². The summed E-state index contributed by atoms with van der Waals surface area (Å²) in [6, 6.07) is 6.32. The summed E-state index contributed by atoms with van der Waals surface area (Å²) in [6.07, 6.45) is 0.688. The molecule has 2 heterocycles. The fourth-order valence-electron chi connectivity index (χ4n) is 2.04. The highest BCUT2D eigenvalue weighted by atomic mass is 32.2. The number of aromatic amines is 1. The van der Waals surface area contributed by atoms with Crippen LogP contribution in [0.3, 0.4) is 0 Å². The van der Waals surface area contributed by atoms with Crippen LogP contribution in [0.4, 0.5) is 0 Å². The van der Waals surface area contributed by atoms with Gasteiger partial charge < -0.3 is 10.2 Å². The molecular weight excluding hydrogens is 332 g/mol. The smallest absolute Gasteiger partial charge is 0.342 e. The predicted octanol–water partition coefficient (Wildman–Crippen LogP) is 1.03. The van der Waals surface area contributed by atoms with Gasteiger partial charge in [0.05, 0.1) is 11.8 Å². The van der Waals surface area contributed by atoms with Gasteiger partial charge in [-0.1, -0.05) is 18.2 Å². The third kappa shape index (κ3) is 2.00. The number of nitrogens with zero attached hydrogens (tertiary/aromatic N) is 1. The third-order valence-electron chi connectivity index (χ3n) is 2.94. The molecule has 0 saturated heterocycles. The highest BCUT2D eigenvalue weighted by Gasteiger charge is 2.30. The zero-order valence-corrected chi connectivity index (χ0v) is 12.3. The van der Waals surface area contributed by atoms with Crippen LogP contribution in [0, 0.1) is 0 Å². The summed E-state index contributed by atoms with van der Waals surface area (Å²) in [5.41, 5.74) is -1.47. The molecule has 2 aromatic heterocycles. The Morgan fingerprint density at radius 2 is 1.95 bits per heavy atom. The van der Waals surface area contributed by atoms with Crippen molar-refractivity contribution in [2.45, 2.75) is 4.21 Å². The van der Waals surface area contributed by atoms with Crippen molar-refractivity contribution >= 4 is 37.4 Å². The molecule has 0 amide bonds. The number of carboxylic acids is 1. The standard InChI is InChI=1S/C12H8N2O6S2/c15-8-5-14(12(18)13-8)22(19,20)11-9(10(16)17)6-3-1-2-4-7(6)21-11/h1-5,15H,(H,13,18)(H,16,17). The monoisotopic (exact) mass is 340 g/mol. The molecule has 3 N–H and O–H groups in total. The average molecular weight is 340 g/mol. The summed E-state index contributed by atoms with van der Waals surface area (Å²) in [5.74, 6) is -2.05. The van der Waals surface area contributed by atoms with Gasteiger partial charge in [-0.3, -0.25) is 4.98 Å². The van der Waals surface area contributed by atoms with Crippen molar-refractivity contribution in [1.82, 2.24) is 8.96 Å². The predicted molar refractivity (Wildman–Crippen MR) is 78.1 cm³/mol. The SMILES string of the molecule is O=C(O)c1c(S(=O)(=O)n2cc(O)[nH]c2=O)sc2ccccc12. The lowest BCUT2D eigenvalue weighted by Crippen LogP contribution is -2.25. The van der Waals surface area contributed by atoms with Crippen molar-refractivity contribution in [1.29, 1.82) is 0 Å². The first-order valence-electron chi connectivity index (χ1n) is 5.83. The maximum Gasteiger partial charge on any atom is 0.342 e. The first kappa shape index (κ1) is 14.4. The molecule has 0 aliphatic heterocycles. The van der Waals surface area contributed by atoms with Gasteiger partial charge in [0.15, 0.2) is 4.21 Å². The number of aromatic nitrogens is 2. The van der Waals surface area contributed by atoms with Crippen LogP contribution in [0.15, 0.2) is 39.5 Å². The van der Waals surface area contributed by atoms with E-state index in [1.807, 2.05) is 4.98 Å². The van der Waals surface area contributed by atoms with Gasteiger partial charge in [0, 0.05) is 10.1 Å². The van der Waals surface area contributed by atoms with E-state index in [1.165, 1.54) is 6.07 Å². The van der Waals surface area contributed by atoms with Crippen LogP contribution in [0.1, 0.15) is 10.4 Å². The molecule has 22 heavy (non-hydrogen) atoms. The van der Waals surface area contributed by atoms with Crippen molar-refractivity contribution in [2.24, 2.45) is 0 Å². The number of imidazole rings is 1. The van der Waals surface area contributed by atoms with Crippen LogP contribution >= 0.6 is 11.3 Å². The molecule has 0 spiro atoms. The highest BCUT2D eigenvalue weighted by Crippen LogP contribution is 2.35. The molecule has 10 heteroatoms. The first-order chi connectivity index (χ1) is 10.3. The zero-order chi connectivity index (χ0) is 16.1. The van der Waals surface area contributed by atoms with Gasteiger partial charge in [0.1, 0.15) is 0 Å². The number of hydrogen-bond donors (Lipinski definition) is 3. The van der Waals surface area contributed by atoms with Crippen molar-refractivity contribution < 1.29 is 23.4 Å². The van der Waals surface area contributed by atoms with Crippen molar-refractivity contribution in [2.75, 3.05) is 0 Å². The Bertz CT molecular complexity index is 1060. The zero-order valence-electron chi connectivity index (χ0n) is 10.7. The minimum absolute atomic E-state index is 0.270. The van der Waals surface area contributed by atoms with Crippen LogP contribution in [-0.2, 0) is 10.0 Å². The van der Waals surface area contributed by atoms with Crippen LogP contribution in [0.25, 0.3) is 10.1 Å². The number of carbonyl (C=O) groups is 1. The number of carboxylic acid groups (broad SMARTS) is 1. The normalized spacial score (nSPS) is 11.8. The van der Waals surface area contributed by atoms with Gasteiger partial charge in [-0.2, -0.15) is 12.4 Å². The molecule has 3 aromatic rings. The second kappa shape index (κ2) is 4.71. The van der Waals surface area contributed by atoms with Crippen molar-refractivity contribution in [3.8, 4) is 5.88 Å². The number of H-pyrrole nitrogens is 1. The Labute approximate surface area is 126 Å². The maximum absolute atomic E-state index is 12.5. The second-order valence-corrected chi connectivity index (χ2v) is 7.37. The van der Waals surface area contributed by atoms with E-state index in [0.29, 0.717) is 10.9 Å². The summed E-state index contributed by atoms with van der Waals surface area (Å²) < 4.78 is 25.4. The van der Waals surface area contributed by atoms with E-state index in [2.05, 4.69) is 0 Å². The first-order valence-corrected chi connectivity index (χ1v) is 8.09. The Balaban J connectivity index is 2.39. The van der Waals surface area contributed by atoms with E-state index >= 15 is 0 Å². The van der Waals surface area contributed by atoms with Gasteiger partial charge in [-0.15, -0.1) is 11.3 Å². The molecule has 0 saturated carbocycles. The molecule has 0 aliphatic carbocycles. The summed E-state index contributed by atoms with van der Waals surface area (Å²) >= 11 is 0.748. The number of thiophene rings is 1. The van der Waals surface area contributed by atoms with E-state index in [-0.39, 0.29) is 9.36 Å². The van der Waals surface area contributed by atoms with Gasteiger partial charge in [-0.25, -0.2) is 9.59 Å². The van der Waals surface area contributed by atoms with Gasteiger partial charge in [0.2, 0.25) is 5.88 Å². The lowest BCUT2D eigenvalue weighted by molar-refractivity contribution is 0.0696. The minimum atomic E-state index is -4.44. The molecule has 114 valence electrons. The van der Waals surface area contributed by atoms with Crippen LogP contribution in [-0.4, -0.2) is 33.6 Å². The Morgan fingerprint density at radius 1 is 1.27 bits per heavy atom. The van der Waals surface area contributed by atoms with E-state index < -0.39 is 37.3 Å². The van der Waals surface area contributed by atoms with E-state index in [4.69, 9.17) is 0 Å². The third-order valence-corrected chi connectivity index (χ3v) is 6.25. The summed E-state index contributed by atoms with van der Waals surface area (Å²) in [4.78, 5) is 25.0. The van der Waals surface area contributed by atoms with Gasteiger partial charge in [0.25, 0.3) is 10.0 Å². The Hall–Kier alpha value is -2.59. The van der Waals surface area contributed by atoms with E-state index in [9.17, 15) is 28.2 Å². The maximum atomic E-state index is 12.5. The second-order valence-electron chi connectivity index (χ2n) is 4.31. The number of benzene rings is 1. The topological polar surface area (TPSA) is 129 Å². The molecule has 0 bridgehead atoms. The van der Waals surface area contributed by atoms with Gasteiger partial charge >= 0.3 is 11.7 Å². The summed E-state index contributed by atoms with van der Waals surface area (Å²) in [7, 11) is -4.44.